The minimum absolute atomic E-state index is 0.0695. The molecule has 0 radical (unpaired) electrons. The maximum absolute atomic E-state index is 5.75. The van der Waals surface area contributed by atoms with Crippen molar-refractivity contribution in [3.63, 3.8) is 0 Å². The van der Waals surface area contributed by atoms with E-state index in [-0.39, 0.29) is 6.10 Å². The van der Waals surface area contributed by atoms with E-state index in [1.807, 2.05) is 0 Å². The second-order valence-electron chi connectivity index (χ2n) is 3.43. The Kier molecular flexibility index (Phi) is 11.5. The first-order valence-electron chi connectivity index (χ1n) is 5.60. The third-order valence-electron chi connectivity index (χ3n) is 1.97. The predicted molar refractivity (Wildman–Crippen MR) is 61.1 cm³/mol. The summed E-state index contributed by atoms with van der Waals surface area (Å²) in [4.78, 5) is 0. The van der Waals surface area contributed by atoms with E-state index in [4.69, 9.17) is 21.1 Å². The van der Waals surface area contributed by atoms with Gasteiger partial charge < -0.3 is 9.47 Å². The molecule has 0 aliphatic rings. The van der Waals surface area contributed by atoms with Gasteiger partial charge >= 0.3 is 0 Å². The van der Waals surface area contributed by atoms with E-state index in [0.717, 1.165) is 32.5 Å². The van der Waals surface area contributed by atoms with Gasteiger partial charge in [0.15, 0.2) is 0 Å². The van der Waals surface area contributed by atoms with E-state index in [1.54, 1.807) is 0 Å². The number of rotatable bonds is 10. The molecule has 3 heteroatoms. The van der Waals surface area contributed by atoms with E-state index in [9.17, 15) is 0 Å². The highest BCUT2D eigenvalue weighted by Crippen LogP contribution is 2.00. The molecule has 14 heavy (non-hydrogen) atoms. The highest BCUT2D eigenvalue weighted by Gasteiger charge is 2.06. The molecule has 0 rings (SSSR count). The van der Waals surface area contributed by atoms with Crippen molar-refractivity contribution in [3.8, 4) is 0 Å². The molecule has 0 N–H and O–H groups in total. The Bertz CT molecular complexity index is 109. The van der Waals surface area contributed by atoms with Crippen LogP contribution in [0.25, 0.3) is 0 Å². The van der Waals surface area contributed by atoms with Crippen LogP contribution in [-0.2, 0) is 9.47 Å². The van der Waals surface area contributed by atoms with Crippen molar-refractivity contribution in [2.45, 2.75) is 45.6 Å². The molecule has 0 spiro atoms. The van der Waals surface area contributed by atoms with Crippen LogP contribution in [0.3, 0.4) is 0 Å². The van der Waals surface area contributed by atoms with Crippen molar-refractivity contribution in [1.29, 1.82) is 0 Å². The molecule has 0 aromatic rings. The average molecular weight is 223 g/mol. The lowest BCUT2D eigenvalue weighted by Gasteiger charge is -2.15. The standard InChI is InChI=1S/C11H23ClO2/c1-3-5-7-13-10-11(9-12)14-8-6-4-2/h11H,3-10H2,1-2H3. The van der Waals surface area contributed by atoms with Gasteiger partial charge in [-0.2, -0.15) is 0 Å². The lowest BCUT2D eigenvalue weighted by atomic mass is 10.3. The molecule has 0 aromatic heterocycles. The molecule has 1 unspecified atom stereocenters. The molecule has 0 aromatic carbocycles. The number of ether oxygens (including phenoxy) is 2. The van der Waals surface area contributed by atoms with Gasteiger partial charge in [-0.3, -0.25) is 0 Å². The lowest BCUT2D eigenvalue weighted by Crippen LogP contribution is -2.22. The van der Waals surface area contributed by atoms with Gasteiger partial charge in [-0.15, -0.1) is 11.6 Å². The van der Waals surface area contributed by atoms with Crippen LogP contribution in [0, 0.1) is 0 Å². The molecule has 0 heterocycles. The quantitative estimate of drug-likeness (QED) is 0.418. The highest BCUT2D eigenvalue weighted by molar-refractivity contribution is 6.18. The molecule has 0 bridgehead atoms. The summed E-state index contributed by atoms with van der Waals surface area (Å²) in [5.41, 5.74) is 0. The molecule has 2 nitrogen and oxygen atoms in total. The van der Waals surface area contributed by atoms with E-state index in [1.165, 1.54) is 6.42 Å². The monoisotopic (exact) mass is 222 g/mol. The average Bonchev–Trinajstić information content (AvgIpc) is 2.22. The maximum atomic E-state index is 5.75. The Labute approximate surface area is 92.9 Å². The van der Waals surface area contributed by atoms with Crippen LogP contribution in [0.15, 0.2) is 0 Å². The van der Waals surface area contributed by atoms with Crippen molar-refractivity contribution >= 4 is 11.6 Å². The SMILES string of the molecule is CCCCOCC(CCl)OCCCC. The molecule has 0 fully saturated rings. The second-order valence-corrected chi connectivity index (χ2v) is 3.74. The van der Waals surface area contributed by atoms with E-state index < -0.39 is 0 Å². The van der Waals surface area contributed by atoms with Gasteiger partial charge in [0.2, 0.25) is 0 Å². The van der Waals surface area contributed by atoms with Crippen LogP contribution in [-0.4, -0.2) is 31.8 Å². The summed E-state index contributed by atoms with van der Waals surface area (Å²) in [6.07, 6.45) is 4.61. The molecule has 86 valence electrons. The zero-order chi connectivity index (χ0) is 10.6. The maximum Gasteiger partial charge on any atom is 0.0943 e. The van der Waals surface area contributed by atoms with Gasteiger partial charge in [0, 0.05) is 13.2 Å². The van der Waals surface area contributed by atoms with Gasteiger partial charge in [0.25, 0.3) is 0 Å². The summed E-state index contributed by atoms with van der Waals surface area (Å²) in [6, 6.07) is 0. The van der Waals surface area contributed by atoms with Gasteiger partial charge in [-0.05, 0) is 12.8 Å². The summed E-state index contributed by atoms with van der Waals surface area (Å²) < 4.78 is 11.0. The first kappa shape index (κ1) is 14.2. The van der Waals surface area contributed by atoms with E-state index in [0.29, 0.717) is 12.5 Å². The molecule has 1 atom stereocenters. The number of alkyl halides is 1. The van der Waals surface area contributed by atoms with Crippen molar-refractivity contribution < 1.29 is 9.47 Å². The van der Waals surface area contributed by atoms with Crippen molar-refractivity contribution in [2.75, 3.05) is 25.7 Å². The first-order valence-corrected chi connectivity index (χ1v) is 6.13. The third kappa shape index (κ3) is 8.79. The zero-order valence-corrected chi connectivity index (χ0v) is 10.2. The fraction of sp³-hybridized carbons (Fsp3) is 1.00. The fourth-order valence-corrected chi connectivity index (χ4v) is 1.17. The second kappa shape index (κ2) is 11.3. The van der Waals surface area contributed by atoms with Gasteiger partial charge in [-0.1, -0.05) is 26.7 Å². The molecular formula is C11H23ClO2. The first-order chi connectivity index (χ1) is 6.85. The van der Waals surface area contributed by atoms with Crippen molar-refractivity contribution in [1.82, 2.24) is 0 Å². The summed E-state index contributed by atoms with van der Waals surface area (Å²) in [5.74, 6) is 0.524. The van der Waals surface area contributed by atoms with Crippen molar-refractivity contribution in [2.24, 2.45) is 0 Å². The Morgan fingerprint density at radius 1 is 1.07 bits per heavy atom. The molecule has 0 aliphatic heterocycles. The third-order valence-corrected chi connectivity index (χ3v) is 2.31. The molecule has 0 saturated heterocycles. The Hall–Kier alpha value is 0.210. The van der Waals surface area contributed by atoms with Gasteiger partial charge in [0.05, 0.1) is 18.6 Å². The largest absolute Gasteiger partial charge is 0.379 e. The van der Waals surface area contributed by atoms with Gasteiger partial charge in [0.1, 0.15) is 0 Å². The topological polar surface area (TPSA) is 18.5 Å². The van der Waals surface area contributed by atoms with Crippen LogP contribution < -0.4 is 0 Å². The Morgan fingerprint density at radius 3 is 2.29 bits per heavy atom. The van der Waals surface area contributed by atoms with Crippen LogP contribution in [0.2, 0.25) is 0 Å². The highest BCUT2D eigenvalue weighted by atomic mass is 35.5. The minimum atomic E-state index is 0.0695. The van der Waals surface area contributed by atoms with Crippen LogP contribution >= 0.6 is 11.6 Å². The molecule has 0 saturated carbocycles. The fourth-order valence-electron chi connectivity index (χ4n) is 0.993. The van der Waals surface area contributed by atoms with Crippen molar-refractivity contribution in [3.05, 3.63) is 0 Å². The molecule has 0 aliphatic carbocycles. The van der Waals surface area contributed by atoms with E-state index >= 15 is 0 Å². The molecule has 0 amide bonds. The van der Waals surface area contributed by atoms with Crippen LogP contribution in [0.4, 0.5) is 0 Å². The number of hydrogen-bond donors (Lipinski definition) is 0. The smallest absolute Gasteiger partial charge is 0.0943 e. The summed E-state index contributed by atoms with van der Waals surface area (Å²) in [6.45, 7) is 6.55. The van der Waals surface area contributed by atoms with Crippen LogP contribution in [0.1, 0.15) is 39.5 Å². The van der Waals surface area contributed by atoms with Crippen LogP contribution in [0.5, 0.6) is 0 Å². The molecular weight excluding hydrogens is 200 g/mol. The summed E-state index contributed by atoms with van der Waals surface area (Å²) in [5, 5.41) is 0. The Morgan fingerprint density at radius 2 is 1.71 bits per heavy atom. The zero-order valence-electron chi connectivity index (χ0n) is 9.43. The lowest BCUT2D eigenvalue weighted by molar-refractivity contribution is -0.00625. The minimum Gasteiger partial charge on any atom is -0.379 e. The number of unbranched alkanes of at least 4 members (excludes halogenated alkanes) is 2. The summed E-state index contributed by atoms with van der Waals surface area (Å²) >= 11 is 5.75. The van der Waals surface area contributed by atoms with E-state index in [2.05, 4.69) is 13.8 Å². The summed E-state index contributed by atoms with van der Waals surface area (Å²) in [7, 11) is 0. The number of hydrogen-bond acceptors (Lipinski definition) is 2. The van der Waals surface area contributed by atoms with Gasteiger partial charge in [-0.25, -0.2) is 0 Å². The Balaban J connectivity index is 3.28. The predicted octanol–water partition coefficient (Wildman–Crippen LogP) is 3.23. The number of halogens is 1. The normalized spacial score (nSPS) is 13.1.